The van der Waals surface area contributed by atoms with Gasteiger partial charge in [0, 0.05) is 11.3 Å². The van der Waals surface area contributed by atoms with Crippen molar-refractivity contribution in [3.05, 3.63) is 0 Å². The monoisotopic (exact) mass is 232 g/mol. The third kappa shape index (κ3) is 1.08. The maximum Gasteiger partial charge on any atom is 0.348 e. The van der Waals surface area contributed by atoms with Crippen molar-refractivity contribution in [3.8, 4) is 0 Å². The molecule has 2 bridgehead atoms. The fourth-order valence-electron chi connectivity index (χ4n) is 3.06. The number of ether oxygens (including phenoxy) is 1. The van der Waals surface area contributed by atoms with Gasteiger partial charge >= 0.3 is 11.9 Å². The standard InChI is InChI=1S/C10H13ClO4/c1-5(11)6-9(2)3-4-10(6,7(12)13)15-8(9)14/h5-6H,3-4H2,1-2H3,(H,12,13). The number of alkyl halides is 1. The molecule has 0 amide bonds. The van der Waals surface area contributed by atoms with E-state index >= 15 is 0 Å². The Kier molecular flexibility index (Phi) is 2.06. The molecule has 0 aromatic heterocycles. The smallest absolute Gasteiger partial charge is 0.348 e. The lowest BCUT2D eigenvalue weighted by Crippen LogP contribution is -2.45. The van der Waals surface area contributed by atoms with Gasteiger partial charge in [0.05, 0.1) is 5.41 Å². The highest BCUT2D eigenvalue weighted by Gasteiger charge is 2.72. The van der Waals surface area contributed by atoms with E-state index in [1.54, 1.807) is 13.8 Å². The van der Waals surface area contributed by atoms with Crippen molar-refractivity contribution in [1.82, 2.24) is 0 Å². The molecule has 2 aliphatic rings. The highest BCUT2D eigenvalue weighted by atomic mass is 35.5. The Morgan fingerprint density at radius 2 is 2.27 bits per heavy atom. The molecule has 2 rings (SSSR count). The Morgan fingerprint density at radius 3 is 2.60 bits per heavy atom. The molecule has 0 aromatic rings. The predicted octanol–water partition coefficient (Wildman–Crippen LogP) is 1.41. The summed E-state index contributed by atoms with van der Waals surface area (Å²) in [6.07, 6.45) is 0.909. The van der Waals surface area contributed by atoms with E-state index in [4.69, 9.17) is 16.3 Å². The average molecular weight is 233 g/mol. The number of carbonyl (C=O) groups excluding carboxylic acids is 1. The summed E-state index contributed by atoms with van der Waals surface area (Å²) < 4.78 is 5.06. The molecule has 1 aliphatic heterocycles. The number of carbonyl (C=O) groups is 2. The molecule has 4 unspecified atom stereocenters. The zero-order valence-electron chi connectivity index (χ0n) is 8.62. The van der Waals surface area contributed by atoms with E-state index in [1.807, 2.05) is 0 Å². The van der Waals surface area contributed by atoms with Gasteiger partial charge in [-0.05, 0) is 26.7 Å². The molecule has 1 saturated heterocycles. The molecular formula is C10H13ClO4. The van der Waals surface area contributed by atoms with Crippen molar-refractivity contribution < 1.29 is 19.4 Å². The number of carboxylic acid groups (broad SMARTS) is 1. The van der Waals surface area contributed by atoms with Crippen LogP contribution in [-0.2, 0) is 14.3 Å². The van der Waals surface area contributed by atoms with Gasteiger partial charge in [0.15, 0.2) is 0 Å². The van der Waals surface area contributed by atoms with E-state index in [0.29, 0.717) is 12.8 Å². The lowest BCUT2D eigenvalue weighted by Gasteiger charge is -2.27. The SMILES string of the molecule is CC(Cl)C1C2(C)CCC1(C(=O)O)OC2=O. The zero-order chi connectivity index (χ0) is 11.4. The molecule has 2 fully saturated rings. The Morgan fingerprint density at radius 1 is 1.67 bits per heavy atom. The van der Waals surface area contributed by atoms with Crippen molar-refractivity contribution in [2.75, 3.05) is 0 Å². The second kappa shape index (κ2) is 2.88. The fraction of sp³-hybridized carbons (Fsp3) is 0.800. The Bertz CT molecular complexity index is 340. The van der Waals surface area contributed by atoms with Crippen molar-refractivity contribution in [3.63, 3.8) is 0 Å². The van der Waals surface area contributed by atoms with Gasteiger partial charge < -0.3 is 9.84 Å². The van der Waals surface area contributed by atoms with Crippen molar-refractivity contribution in [2.45, 2.75) is 37.7 Å². The van der Waals surface area contributed by atoms with Crippen LogP contribution >= 0.6 is 11.6 Å². The van der Waals surface area contributed by atoms with Gasteiger partial charge in [0.2, 0.25) is 5.60 Å². The summed E-state index contributed by atoms with van der Waals surface area (Å²) in [7, 11) is 0. The molecule has 15 heavy (non-hydrogen) atoms. The van der Waals surface area contributed by atoms with Gasteiger partial charge in [-0.2, -0.15) is 0 Å². The molecule has 1 heterocycles. The van der Waals surface area contributed by atoms with Crippen LogP contribution in [0, 0.1) is 11.3 Å². The number of hydrogen-bond acceptors (Lipinski definition) is 3. The number of halogens is 1. The number of rotatable bonds is 2. The molecule has 5 heteroatoms. The van der Waals surface area contributed by atoms with Gasteiger partial charge in [-0.15, -0.1) is 11.6 Å². The molecule has 4 atom stereocenters. The molecule has 1 aliphatic carbocycles. The molecule has 0 aromatic carbocycles. The maximum atomic E-state index is 11.6. The van der Waals surface area contributed by atoms with E-state index in [-0.39, 0.29) is 5.38 Å². The molecule has 84 valence electrons. The molecule has 1 N–H and O–H groups in total. The summed E-state index contributed by atoms with van der Waals surface area (Å²) in [4.78, 5) is 22.9. The second-order valence-corrected chi connectivity index (χ2v) is 5.35. The normalized spacial score (nSPS) is 45.3. The summed E-state index contributed by atoms with van der Waals surface area (Å²) in [5.74, 6) is -1.93. The third-order valence-electron chi connectivity index (χ3n) is 3.77. The van der Waals surface area contributed by atoms with Crippen molar-refractivity contribution in [1.29, 1.82) is 0 Å². The van der Waals surface area contributed by atoms with Crippen LogP contribution in [0.15, 0.2) is 0 Å². The summed E-state index contributed by atoms with van der Waals surface area (Å²) in [6, 6.07) is 0. The van der Waals surface area contributed by atoms with Crippen LogP contribution in [0.1, 0.15) is 26.7 Å². The van der Waals surface area contributed by atoms with Gasteiger partial charge in [-0.25, -0.2) is 4.79 Å². The molecule has 1 saturated carbocycles. The van der Waals surface area contributed by atoms with Crippen LogP contribution in [0.2, 0.25) is 0 Å². The topological polar surface area (TPSA) is 63.6 Å². The minimum Gasteiger partial charge on any atom is -0.478 e. The second-order valence-electron chi connectivity index (χ2n) is 4.66. The number of fused-ring (bicyclic) bond motifs is 2. The first kappa shape index (κ1) is 10.7. The van der Waals surface area contributed by atoms with Gasteiger partial charge in [0.1, 0.15) is 0 Å². The first-order valence-corrected chi connectivity index (χ1v) is 5.39. The summed E-state index contributed by atoms with van der Waals surface area (Å²) in [5.41, 5.74) is -2.10. The summed E-state index contributed by atoms with van der Waals surface area (Å²) >= 11 is 6.01. The van der Waals surface area contributed by atoms with E-state index in [9.17, 15) is 14.7 Å². The molecule has 0 spiro atoms. The van der Waals surface area contributed by atoms with Crippen LogP contribution in [0.3, 0.4) is 0 Å². The average Bonchev–Trinajstić information content (AvgIpc) is 2.51. The first-order valence-electron chi connectivity index (χ1n) is 4.95. The first-order chi connectivity index (χ1) is 6.84. The zero-order valence-corrected chi connectivity index (χ0v) is 9.37. The van der Waals surface area contributed by atoms with E-state index < -0.39 is 28.9 Å². The highest BCUT2D eigenvalue weighted by molar-refractivity contribution is 6.21. The summed E-state index contributed by atoms with van der Waals surface area (Å²) in [6.45, 7) is 3.46. The van der Waals surface area contributed by atoms with Gasteiger partial charge in [-0.3, -0.25) is 4.79 Å². The number of hydrogen-bond donors (Lipinski definition) is 1. The quantitative estimate of drug-likeness (QED) is 0.578. The minimum absolute atomic E-state index is 0.367. The largest absolute Gasteiger partial charge is 0.478 e. The Hall–Kier alpha value is -0.770. The highest BCUT2D eigenvalue weighted by Crippen LogP contribution is 2.60. The molecule has 4 nitrogen and oxygen atoms in total. The van der Waals surface area contributed by atoms with Crippen LogP contribution in [0.4, 0.5) is 0 Å². The fourth-order valence-corrected chi connectivity index (χ4v) is 3.54. The molecule has 0 radical (unpaired) electrons. The number of esters is 1. The minimum atomic E-state index is -1.38. The summed E-state index contributed by atoms with van der Waals surface area (Å²) in [5, 5.41) is 8.82. The van der Waals surface area contributed by atoms with Crippen molar-refractivity contribution in [2.24, 2.45) is 11.3 Å². The Labute approximate surface area is 92.5 Å². The maximum absolute atomic E-state index is 11.6. The lowest BCUT2D eigenvalue weighted by molar-refractivity contribution is -0.176. The van der Waals surface area contributed by atoms with Crippen molar-refractivity contribution >= 4 is 23.5 Å². The predicted molar refractivity (Wildman–Crippen MR) is 52.6 cm³/mol. The van der Waals surface area contributed by atoms with Crippen LogP contribution < -0.4 is 0 Å². The number of aliphatic carboxylic acids is 1. The van der Waals surface area contributed by atoms with Crippen LogP contribution in [0.25, 0.3) is 0 Å². The van der Waals surface area contributed by atoms with Gasteiger partial charge in [-0.1, -0.05) is 0 Å². The van der Waals surface area contributed by atoms with E-state index in [2.05, 4.69) is 0 Å². The molecular weight excluding hydrogens is 220 g/mol. The Balaban J connectivity index is 2.51. The van der Waals surface area contributed by atoms with Crippen LogP contribution in [-0.4, -0.2) is 28.0 Å². The lowest BCUT2D eigenvalue weighted by atomic mass is 9.76. The van der Waals surface area contributed by atoms with Crippen LogP contribution in [0.5, 0.6) is 0 Å². The van der Waals surface area contributed by atoms with E-state index in [0.717, 1.165) is 0 Å². The third-order valence-corrected chi connectivity index (χ3v) is 4.02. The van der Waals surface area contributed by atoms with E-state index in [1.165, 1.54) is 0 Å². The van der Waals surface area contributed by atoms with Gasteiger partial charge in [0.25, 0.3) is 0 Å². The number of carboxylic acids is 1.